The minimum absolute atomic E-state index is 0.0122. The summed E-state index contributed by atoms with van der Waals surface area (Å²) >= 11 is 0. The first-order valence-corrected chi connectivity index (χ1v) is 6.15. The standard InChI is InChI=1S/C15H9N5O/c16-6-12-13(10-4-2-1-3-5-10)19-14(20-15(12)21)11-7-17-9-18-8-11/h1-5,7-9H,(H,19,20,21). The molecule has 0 radical (unpaired) electrons. The molecule has 0 atom stereocenters. The SMILES string of the molecule is N#Cc1c(-c2ccccc2)nc(-c2cncnc2)[nH]c1=O. The first-order valence-electron chi connectivity index (χ1n) is 6.15. The van der Waals surface area contributed by atoms with Gasteiger partial charge in [0.15, 0.2) is 0 Å². The number of benzene rings is 1. The minimum atomic E-state index is -0.481. The van der Waals surface area contributed by atoms with E-state index in [-0.39, 0.29) is 5.56 Å². The molecule has 3 rings (SSSR count). The number of nitrogens with one attached hydrogen (secondary N) is 1. The predicted molar refractivity (Wildman–Crippen MR) is 76.0 cm³/mol. The molecule has 6 nitrogen and oxygen atoms in total. The molecule has 21 heavy (non-hydrogen) atoms. The molecule has 3 aromatic rings. The topological polar surface area (TPSA) is 95.3 Å². The van der Waals surface area contributed by atoms with Crippen molar-refractivity contribution in [3.63, 3.8) is 0 Å². The van der Waals surface area contributed by atoms with Gasteiger partial charge in [0.25, 0.3) is 5.56 Å². The zero-order valence-electron chi connectivity index (χ0n) is 10.8. The van der Waals surface area contributed by atoms with Crippen LogP contribution in [0.5, 0.6) is 0 Å². The van der Waals surface area contributed by atoms with Gasteiger partial charge in [-0.25, -0.2) is 15.0 Å². The molecule has 1 aromatic carbocycles. The van der Waals surface area contributed by atoms with Crippen LogP contribution >= 0.6 is 0 Å². The van der Waals surface area contributed by atoms with E-state index >= 15 is 0 Å². The van der Waals surface area contributed by atoms with Gasteiger partial charge in [0.1, 0.15) is 23.8 Å². The molecule has 0 amide bonds. The van der Waals surface area contributed by atoms with Crippen molar-refractivity contribution in [3.05, 3.63) is 65.0 Å². The number of aromatic amines is 1. The third-order valence-electron chi connectivity index (χ3n) is 2.91. The molecule has 2 heterocycles. The molecule has 0 bridgehead atoms. The number of nitrogens with zero attached hydrogens (tertiary/aromatic N) is 4. The molecule has 0 saturated heterocycles. The van der Waals surface area contributed by atoms with Gasteiger partial charge in [-0.2, -0.15) is 5.26 Å². The summed E-state index contributed by atoms with van der Waals surface area (Å²) in [6.07, 6.45) is 4.49. The van der Waals surface area contributed by atoms with Crippen molar-refractivity contribution < 1.29 is 0 Å². The smallest absolute Gasteiger partial charge is 0.269 e. The van der Waals surface area contributed by atoms with Crippen molar-refractivity contribution in [3.8, 4) is 28.7 Å². The monoisotopic (exact) mass is 275 g/mol. The van der Waals surface area contributed by atoms with Crippen LogP contribution in [-0.2, 0) is 0 Å². The van der Waals surface area contributed by atoms with Crippen LogP contribution in [0.15, 0.2) is 53.8 Å². The van der Waals surface area contributed by atoms with Crippen molar-refractivity contribution >= 4 is 0 Å². The van der Waals surface area contributed by atoms with Gasteiger partial charge in [-0.05, 0) is 0 Å². The number of hydrogen-bond acceptors (Lipinski definition) is 5. The van der Waals surface area contributed by atoms with Gasteiger partial charge in [-0.15, -0.1) is 0 Å². The van der Waals surface area contributed by atoms with Crippen LogP contribution in [0.4, 0.5) is 0 Å². The molecule has 0 spiro atoms. The Balaban J connectivity index is 2.27. The molecular weight excluding hydrogens is 266 g/mol. The summed E-state index contributed by atoms with van der Waals surface area (Å²) < 4.78 is 0. The van der Waals surface area contributed by atoms with E-state index in [9.17, 15) is 10.1 Å². The van der Waals surface area contributed by atoms with Crippen molar-refractivity contribution in [2.75, 3.05) is 0 Å². The fourth-order valence-electron chi connectivity index (χ4n) is 1.94. The zero-order chi connectivity index (χ0) is 14.7. The van der Waals surface area contributed by atoms with Crippen LogP contribution < -0.4 is 5.56 Å². The third-order valence-corrected chi connectivity index (χ3v) is 2.91. The van der Waals surface area contributed by atoms with Crippen LogP contribution in [0, 0.1) is 11.3 Å². The Morgan fingerprint density at radius 1 is 1.05 bits per heavy atom. The highest BCUT2D eigenvalue weighted by molar-refractivity contribution is 5.68. The Morgan fingerprint density at radius 2 is 1.76 bits per heavy atom. The second-order valence-electron chi connectivity index (χ2n) is 4.24. The summed E-state index contributed by atoms with van der Waals surface area (Å²) in [5.74, 6) is 0.332. The lowest BCUT2D eigenvalue weighted by Crippen LogP contribution is -2.15. The zero-order valence-corrected chi connectivity index (χ0v) is 10.8. The first-order chi connectivity index (χ1) is 10.3. The van der Waals surface area contributed by atoms with Crippen LogP contribution in [0.3, 0.4) is 0 Å². The van der Waals surface area contributed by atoms with Crippen molar-refractivity contribution in [1.82, 2.24) is 19.9 Å². The highest BCUT2D eigenvalue weighted by atomic mass is 16.1. The van der Waals surface area contributed by atoms with Gasteiger partial charge in [0, 0.05) is 18.0 Å². The second-order valence-corrected chi connectivity index (χ2v) is 4.24. The van der Waals surface area contributed by atoms with E-state index < -0.39 is 5.56 Å². The maximum absolute atomic E-state index is 12.1. The van der Waals surface area contributed by atoms with Crippen LogP contribution in [-0.4, -0.2) is 19.9 Å². The van der Waals surface area contributed by atoms with E-state index in [1.165, 1.54) is 6.33 Å². The number of hydrogen-bond donors (Lipinski definition) is 1. The molecule has 0 saturated carbocycles. The summed E-state index contributed by atoms with van der Waals surface area (Å²) in [7, 11) is 0. The second kappa shape index (κ2) is 5.35. The average molecular weight is 275 g/mol. The molecule has 0 aliphatic carbocycles. The Labute approximate surface area is 119 Å². The van der Waals surface area contributed by atoms with E-state index in [0.29, 0.717) is 22.6 Å². The molecule has 0 unspecified atom stereocenters. The van der Waals surface area contributed by atoms with E-state index in [4.69, 9.17) is 0 Å². The number of rotatable bonds is 2. The van der Waals surface area contributed by atoms with Gasteiger partial charge < -0.3 is 4.98 Å². The highest BCUT2D eigenvalue weighted by Gasteiger charge is 2.14. The summed E-state index contributed by atoms with van der Waals surface area (Å²) in [4.78, 5) is 26.8. The molecule has 2 aromatic heterocycles. The molecule has 6 heteroatoms. The van der Waals surface area contributed by atoms with Crippen molar-refractivity contribution in [2.24, 2.45) is 0 Å². The van der Waals surface area contributed by atoms with Gasteiger partial charge >= 0.3 is 0 Å². The third kappa shape index (κ3) is 2.40. The largest absolute Gasteiger partial charge is 0.305 e. The highest BCUT2D eigenvalue weighted by Crippen LogP contribution is 2.21. The molecule has 100 valence electrons. The lowest BCUT2D eigenvalue weighted by atomic mass is 10.1. The maximum Gasteiger partial charge on any atom is 0.269 e. The van der Waals surface area contributed by atoms with Crippen LogP contribution in [0.25, 0.3) is 22.6 Å². The lowest BCUT2D eigenvalue weighted by Gasteiger charge is -2.06. The summed E-state index contributed by atoms with van der Waals surface area (Å²) in [6, 6.07) is 11.0. The number of nitriles is 1. The summed E-state index contributed by atoms with van der Waals surface area (Å²) in [5.41, 5.74) is 1.14. The maximum atomic E-state index is 12.1. The van der Waals surface area contributed by atoms with Gasteiger partial charge in [0.05, 0.1) is 11.3 Å². The van der Waals surface area contributed by atoms with Gasteiger partial charge in [-0.1, -0.05) is 30.3 Å². The molecule has 1 N–H and O–H groups in total. The lowest BCUT2D eigenvalue weighted by molar-refractivity contribution is 1.09. The van der Waals surface area contributed by atoms with Crippen molar-refractivity contribution in [1.29, 1.82) is 5.26 Å². The minimum Gasteiger partial charge on any atom is -0.305 e. The molecule has 0 fully saturated rings. The fourth-order valence-corrected chi connectivity index (χ4v) is 1.94. The van der Waals surface area contributed by atoms with E-state index in [2.05, 4.69) is 19.9 Å². The quantitative estimate of drug-likeness (QED) is 0.768. The first kappa shape index (κ1) is 12.7. The van der Waals surface area contributed by atoms with Crippen LogP contribution in [0.1, 0.15) is 5.56 Å². The molecule has 0 aliphatic heterocycles. The number of H-pyrrole nitrogens is 1. The summed E-state index contributed by atoms with van der Waals surface area (Å²) in [6.45, 7) is 0. The van der Waals surface area contributed by atoms with Gasteiger partial charge in [0.2, 0.25) is 0 Å². The Kier molecular flexibility index (Phi) is 3.23. The van der Waals surface area contributed by atoms with E-state index in [1.54, 1.807) is 24.5 Å². The van der Waals surface area contributed by atoms with Crippen molar-refractivity contribution in [2.45, 2.75) is 0 Å². The summed E-state index contributed by atoms with van der Waals surface area (Å²) in [5, 5.41) is 9.19. The van der Waals surface area contributed by atoms with E-state index in [1.807, 2.05) is 24.3 Å². The Morgan fingerprint density at radius 3 is 2.43 bits per heavy atom. The molecule has 0 aliphatic rings. The fraction of sp³-hybridized carbons (Fsp3) is 0. The normalized spacial score (nSPS) is 10.0. The molecular formula is C15H9N5O. The van der Waals surface area contributed by atoms with Crippen LogP contribution in [0.2, 0.25) is 0 Å². The average Bonchev–Trinajstić information content (AvgIpc) is 2.55. The van der Waals surface area contributed by atoms with Gasteiger partial charge in [-0.3, -0.25) is 4.79 Å². The number of aromatic nitrogens is 4. The Bertz CT molecular complexity index is 866. The Hall–Kier alpha value is -3.33. The predicted octanol–water partition coefficient (Wildman–Crippen LogP) is 1.77. The van der Waals surface area contributed by atoms with E-state index in [0.717, 1.165) is 0 Å².